The van der Waals surface area contributed by atoms with Crippen LogP contribution in [0, 0.1) is 0 Å². The highest BCUT2D eigenvalue weighted by Gasteiger charge is 2.18. The molecule has 0 aliphatic carbocycles. The maximum atomic E-state index is 11.8. The molecule has 20 heavy (non-hydrogen) atoms. The van der Waals surface area contributed by atoms with Crippen LogP contribution in [0.2, 0.25) is 5.02 Å². The first kappa shape index (κ1) is 14.9. The summed E-state index contributed by atoms with van der Waals surface area (Å²) in [4.78, 5) is 0. The minimum atomic E-state index is -1.31. The molecule has 0 fully saturated rings. The third-order valence-electron chi connectivity index (χ3n) is 2.46. The van der Waals surface area contributed by atoms with Gasteiger partial charge in [-0.25, -0.2) is 4.21 Å². The van der Waals surface area contributed by atoms with E-state index in [9.17, 15) is 4.21 Å². The van der Waals surface area contributed by atoms with Crippen molar-refractivity contribution < 1.29 is 8.73 Å². The summed E-state index contributed by atoms with van der Waals surface area (Å²) in [7, 11) is -1.31. The van der Waals surface area contributed by atoms with E-state index in [0.717, 1.165) is 5.56 Å². The summed E-state index contributed by atoms with van der Waals surface area (Å²) < 4.78 is 20.6. The molecule has 2 rings (SSSR count). The zero-order valence-electron chi connectivity index (χ0n) is 11.5. The van der Waals surface area contributed by atoms with Gasteiger partial charge in [-0.1, -0.05) is 16.8 Å². The molecule has 0 spiro atoms. The van der Waals surface area contributed by atoms with E-state index in [4.69, 9.17) is 16.1 Å². The molecule has 0 radical (unpaired) electrons. The molecule has 0 saturated heterocycles. The highest BCUT2D eigenvalue weighted by molar-refractivity contribution is 7.85. The van der Waals surface area contributed by atoms with Crippen LogP contribution in [0.4, 0.5) is 0 Å². The predicted octanol–water partition coefficient (Wildman–Crippen LogP) is 3.88. The first-order valence-electron chi connectivity index (χ1n) is 6.05. The van der Waals surface area contributed by atoms with Crippen LogP contribution in [0.15, 0.2) is 39.3 Å². The van der Waals surface area contributed by atoms with Crippen molar-refractivity contribution in [2.24, 2.45) is 4.40 Å². The van der Waals surface area contributed by atoms with Gasteiger partial charge in [0.15, 0.2) is 5.76 Å². The number of benzene rings is 1. The Bertz CT molecular complexity index is 642. The number of nitrogens with zero attached hydrogens (tertiary/aromatic N) is 2. The second-order valence-corrected chi connectivity index (χ2v) is 7.59. The van der Waals surface area contributed by atoms with Crippen molar-refractivity contribution in [3.8, 4) is 11.3 Å². The Balaban J connectivity index is 2.15. The normalized spacial score (nSPS) is 13.8. The molecule has 4 nitrogen and oxygen atoms in total. The number of aromatic nitrogens is 1. The van der Waals surface area contributed by atoms with Crippen LogP contribution >= 0.6 is 11.6 Å². The first-order chi connectivity index (χ1) is 9.36. The molecule has 0 bridgehead atoms. The third-order valence-corrected chi connectivity index (χ3v) is 4.06. The molecule has 0 saturated carbocycles. The molecule has 1 aromatic heterocycles. The molecule has 6 heteroatoms. The highest BCUT2D eigenvalue weighted by Crippen LogP contribution is 2.22. The fourth-order valence-electron chi connectivity index (χ4n) is 1.36. The van der Waals surface area contributed by atoms with E-state index < -0.39 is 11.0 Å². The smallest absolute Gasteiger partial charge is 0.167 e. The van der Waals surface area contributed by atoms with Crippen LogP contribution in [0.1, 0.15) is 26.5 Å². The number of hydrogen-bond acceptors (Lipinski definition) is 3. The lowest BCUT2D eigenvalue weighted by Crippen LogP contribution is -2.19. The quantitative estimate of drug-likeness (QED) is 0.808. The van der Waals surface area contributed by atoms with Gasteiger partial charge in [-0.05, 0) is 45.0 Å². The van der Waals surface area contributed by atoms with Gasteiger partial charge in [0.05, 0.1) is 11.0 Å². The van der Waals surface area contributed by atoms with Gasteiger partial charge in [0.25, 0.3) is 0 Å². The van der Waals surface area contributed by atoms with Gasteiger partial charge in [-0.15, -0.1) is 0 Å². The van der Waals surface area contributed by atoms with Crippen LogP contribution in [-0.4, -0.2) is 20.3 Å². The summed E-state index contributed by atoms with van der Waals surface area (Å²) in [6.07, 6.45) is 1.46. The van der Waals surface area contributed by atoms with Gasteiger partial charge in [0.1, 0.15) is 16.7 Å². The van der Waals surface area contributed by atoms with Crippen molar-refractivity contribution in [2.45, 2.75) is 25.5 Å². The Kier molecular flexibility index (Phi) is 4.40. The van der Waals surface area contributed by atoms with Gasteiger partial charge in [-0.2, -0.15) is 4.40 Å². The molecule has 0 unspecified atom stereocenters. The Morgan fingerprint density at radius 2 is 1.95 bits per heavy atom. The van der Waals surface area contributed by atoms with Crippen LogP contribution < -0.4 is 0 Å². The summed E-state index contributed by atoms with van der Waals surface area (Å²) in [5.74, 6) is 0.615. The second-order valence-electron chi connectivity index (χ2n) is 5.22. The number of rotatable bonds is 3. The van der Waals surface area contributed by atoms with Gasteiger partial charge in [0, 0.05) is 16.7 Å². The second kappa shape index (κ2) is 5.89. The molecule has 106 valence electrons. The summed E-state index contributed by atoms with van der Waals surface area (Å²) in [5.41, 5.74) is 1.41. The largest absolute Gasteiger partial charge is 0.356 e. The lowest BCUT2D eigenvalue weighted by Gasteiger charge is -2.12. The van der Waals surface area contributed by atoms with Crippen molar-refractivity contribution in [2.75, 3.05) is 0 Å². The predicted molar refractivity (Wildman–Crippen MR) is 82.4 cm³/mol. The van der Waals surface area contributed by atoms with Crippen molar-refractivity contribution >= 4 is 28.8 Å². The Morgan fingerprint density at radius 1 is 1.30 bits per heavy atom. The molecular weight excluding hydrogens is 296 g/mol. The van der Waals surface area contributed by atoms with E-state index in [1.54, 1.807) is 18.2 Å². The standard InChI is InChI=1S/C14H15ClN2O2S/c1-14(2,3)20(18)16-9-12-8-13(19-17-12)10-4-6-11(15)7-5-10/h4-9H,1-3H3/t20-/m0/s1. The molecule has 1 atom stereocenters. The fourth-order valence-corrected chi connectivity index (χ4v) is 2.01. The topological polar surface area (TPSA) is 55.5 Å². The van der Waals surface area contributed by atoms with E-state index in [2.05, 4.69) is 9.55 Å². The maximum Gasteiger partial charge on any atom is 0.167 e. The average molecular weight is 311 g/mol. The van der Waals surface area contributed by atoms with Crippen molar-refractivity contribution in [3.63, 3.8) is 0 Å². The molecule has 1 heterocycles. The zero-order valence-corrected chi connectivity index (χ0v) is 13.0. The molecule has 0 aliphatic heterocycles. The van der Waals surface area contributed by atoms with E-state index >= 15 is 0 Å². The lowest BCUT2D eigenvalue weighted by molar-refractivity contribution is 0.431. The Morgan fingerprint density at radius 3 is 2.55 bits per heavy atom. The molecule has 2 aromatic rings. The van der Waals surface area contributed by atoms with E-state index in [1.165, 1.54) is 6.21 Å². The summed E-state index contributed by atoms with van der Waals surface area (Å²) in [6, 6.07) is 8.99. The Labute approximate surface area is 125 Å². The van der Waals surface area contributed by atoms with E-state index in [0.29, 0.717) is 16.5 Å². The minimum Gasteiger partial charge on any atom is -0.356 e. The summed E-state index contributed by atoms with van der Waals surface area (Å²) >= 11 is 5.83. The molecule has 0 aliphatic rings. The van der Waals surface area contributed by atoms with Gasteiger partial charge >= 0.3 is 0 Å². The van der Waals surface area contributed by atoms with Gasteiger partial charge in [0.2, 0.25) is 0 Å². The molecular formula is C14H15ClN2O2S. The maximum absolute atomic E-state index is 11.8. The zero-order chi connectivity index (χ0) is 14.8. The molecule has 0 N–H and O–H groups in total. The van der Waals surface area contributed by atoms with Gasteiger partial charge < -0.3 is 4.52 Å². The molecule has 1 aromatic carbocycles. The SMILES string of the molecule is CC(C)(C)[S@](=O)N=Cc1cc(-c2ccc(Cl)cc2)on1. The molecule has 0 amide bonds. The minimum absolute atomic E-state index is 0.390. The first-order valence-corrected chi connectivity index (χ1v) is 7.53. The third kappa shape index (κ3) is 3.77. The van der Waals surface area contributed by atoms with E-state index in [-0.39, 0.29) is 4.75 Å². The van der Waals surface area contributed by atoms with Crippen LogP contribution in [-0.2, 0) is 11.0 Å². The van der Waals surface area contributed by atoms with Crippen molar-refractivity contribution in [1.82, 2.24) is 5.16 Å². The Hall–Kier alpha value is -1.46. The summed E-state index contributed by atoms with van der Waals surface area (Å²) in [5, 5.41) is 4.54. The fraction of sp³-hybridized carbons (Fsp3) is 0.286. The summed E-state index contributed by atoms with van der Waals surface area (Å²) in [6.45, 7) is 5.59. The van der Waals surface area contributed by atoms with Crippen LogP contribution in [0.3, 0.4) is 0 Å². The van der Waals surface area contributed by atoms with Crippen LogP contribution in [0.5, 0.6) is 0 Å². The number of halogens is 1. The van der Waals surface area contributed by atoms with Crippen LogP contribution in [0.25, 0.3) is 11.3 Å². The number of hydrogen-bond donors (Lipinski definition) is 0. The van der Waals surface area contributed by atoms with Crippen molar-refractivity contribution in [1.29, 1.82) is 0 Å². The van der Waals surface area contributed by atoms with Gasteiger partial charge in [-0.3, -0.25) is 0 Å². The lowest BCUT2D eigenvalue weighted by atomic mass is 10.2. The highest BCUT2D eigenvalue weighted by atomic mass is 35.5. The average Bonchev–Trinajstić information content (AvgIpc) is 2.84. The monoisotopic (exact) mass is 310 g/mol. The van der Waals surface area contributed by atoms with Crippen molar-refractivity contribution in [3.05, 3.63) is 41.0 Å². The van der Waals surface area contributed by atoms with E-state index in [1.807, 2.05) is 32.9 Å².